The Kier molecular flexibility index (Phi) is 6.70. The first-order valence-corrected chi connectivity index (χ1v) is 11.8. The summed E-state index contributed by atoms with van der Waals surface area (Å²) in [6, 6.07) is 10.4. The van der Waals surface area contributed by atoms with Crippen LogP contribution in [0.15, 0.2) is 30.3 Å². The van der Waals surface area contributed by atoms with Gasteiger partial charge in [-0.25, -0.2) is 4.98 Å². The topological polar surface area (TPSA) is 45.7 Å². The number of benzene rings is 2. The van der Waals surface area contributed by atoms with Crippen molar-refractivity contribution < 1.29 is 9.53 Å². The van der Waals surface area contributed by atoms with Gasteiger partial charge >= 0.3 is 0 Å². The molecule has 4 rings (SSSR count). The van der Waals surface area contributed by atoms with E-state index in [0.717, 1.165) is 71.3 Å². The number of aromatic nitrogens is 1. The molecule has 0 radical (unpaired) electrons. The van der Waals surface area contributed by atoms with Crippen LogP contribution in [0.3, 0.4) is 0 Å². The van der Waals surface area contributed by atoms with Crippen LogP contribution in [0.4, 0.5) is 5.13 Å². The number of aryl methyl sites for hydroxylation is 4. The molecule has 1 aromatic heterocycles. The second-order valence-electron chi connectivity index (χ2n) is 8.51. The molecular weight excluding hydrogens is 406 g/mol. The zero-order valence-corrected chi connectivity index (χ0v) is 19.7. The van der Waals surface area contributed by atoms with Crippen LogP contribution in [0.5, 0.6) is 0 Å². The van der Waals surface area contributed by atoms with Crippen molar-refractivity contribution in [1.82, 2.24) is 9.88 Å². The van der Waals surface area contributed by atoms with Crippen LogP contribution in [-0.2, 0) is 4.74 Å². The van der Waals surface area contributed by atoms with E-state index >= 15 is 0 Å². The number of carbonyl (C=O) groups excluding carboxylic acids is 1. The number of fused-ring (bicyclic) bond motifs is 1. The van der Waals surface area contributed by atoms with E-state index in [2.05, 4.69) is 36.9 Å². The van der Waals surface area contributed by atoms with Crippen LogP contribution < -0.4 is 4.90 Å². The third-order valence-electron chi connectivity index (χ3n) is 5.87. The summed E-state index contributed by atoms with van der Waals surface area (Å²) in [5.74, 6) is 0.0385. The predicted molar refractivity (Wildman–Crippen MR) is 129 cm³/mol. The number of anilines is 1. The van der Waals surface area contributed by atoms with Crippen LogP contribution in [-0.4, -0.2) is 55.2 Å². The summed E-state index contributed by atoms with van der Waals surface area (Å²) in [5.41, 5.74) is 6.25. The number of rotatable bonds is 6. The maximum absolute atomic E-state index is 13.7. The van der Waals surface area contributed by atoms with Gasteiger partial charge in [-0.1, -0.05) is 35.1 Å². The largest absolute Gasteiger partial charge is 0.379 e. The molecule has 0 aliphatic carbocycles. The number of carbonyl (C=O) groups is 1. The summed E-state index contributed by atoms with van der Waals surface area (Å²) in [4.78, 5) is 22.9. The van der Waals surface area contributed by atoms with Crippen molar-refractivity contribution in [3.05, 3.63) is 58.1 Å². The second kappa shape index (κ2) is 9.47. The highest BCUT2D eigenvalue weighted by Gasteiger charge is 2.23. The Hall–Kier alpha value is -2.28. The fourth-order valence-electron chi connectivity index (χ4n) is 4.15. The number of ether oxygens (including phenoxy) is 1. The molecule has 1 saturated heterocycles. The Morgan fingerprint density at radius 2 is 1.84 bits per heavy atom. The van der Waals surface area contributed by atoms with Crippen molar-refractivity contribution in [2.45, 2.75) is 34.1 Å². The maximum atomic E-state index is 13.7. The quantitative estimate of drug-likeness (QED) is 0.550. The van der Waals surface area contributed by atoms with Crippen molar-refractivity contribution in [2.75, 3.05) is 44.3 Å². The summed E-state index contributed by atoms with van der Waals surface area (Å²) in [7, 11) is 0. The van der Waals surface area contributed by atoms with E-state index in [0.29, 0.717) is 6.54 Å². The molecule has 0 atom stereocenters. The summed E-state index contributed by atoms with van der Waals surface area (Å²) in [5, 5.41) is 0.789. The lowest BCUT2D eigenvalue weighted by Gasteiger charge is -2.28. The van der Waals surface area contributed by atoms with E-state index in [9.17, 15) is 4.79 Å². The van der Waals surface area contributed by atoms with Gasteiger partial charge in [-0.3, -0.25) is 14.6 Å². The van der Waals surface area contributed by atoms with Gasteiger partial charge in [0.2, 0.25) is 0 Å². The van der Waals surface area contributed by atoms with Crippen molar-refractivity contribution in [3.8, 4) is 0 Å². The molecule has 0 N–H and O–H groups in total. The molecule has 1 amide bonds. The molecule has 1 aliphatic heterocycles. The van der Waals surface area contributed by atoms with Gasteiger partial charge in [0, 0.05) is 31.7 Å². The zero-order chi connectivity index (χ0) is 22.0. The van der Waals surface area contributed by atoms with E-state index in [1.54, 1.807) is 11.3 Å². The monoisotopic (exact) mass is 437 g/mol. The standard InChI is InChI=1S/C25H31N3O2S/c1-17-6-7-19(3)21(15-17)24(29)28(9-5-8-27-10-12-30-13-11-27)25-26-22-16-18(2)14-20(4)23(22)31-25/h6-7,14-16H,5,8-13H2,1-4H3. The average Bonchev–Trinajstić information content (AvgIpc) is 3.17. The van der Waals surface area contributed by atoms with Gasteiger partial charge < -0.3 is 4.74 Å². The Balaban J connectivity index is 1.64. The van der Waals surface area contributed by atoms with Gasteiger partial charge in [-0.2, -0.15) is 0 Å². The fourth-order valence-corrected chi connectivity index (χ4v) is 5.19. The highest BCUT2D eigenvalue weighted by molar-refractivity contribution is 7.22. The summed E-state index contributed by atoms with van der Waals surface area (Å²) >= 11 is 1.62. The summed E-state index contributed by atoms with van der Waals surface area (Å²) in [6.07, 6.45) is 0.907. The fraction of sp³-hybridized carbons (Fsp3) is 0.440. The number of morpholine rings is 1. The molecule has 6 heteroatoms. The molecule has 2 aromatic carbocycles. The van der Waals surface area contributed by atoms with Crippen molar-refractivity contribution in [2.24, 2.45) is 0 Å². The minimum absolute atomic E-state index is 0.0385. The van der Waals surface area contributed by atoms with Crippen LogP contribution in [0.2, 0.25) is 0 Å². The normalized spacial score (nSPS) is 14.8. The zero-order valence-electron chi connectivity index (χ0n) is 18.9. The van der Waals surface area contributed by atoms with E-state index in [-0.39, 0.29) is 5.91 Å². The van der Waals surface area contributed by atoms with Gasteiger partial charge in [0.25, 0.3) is 5.91 Å². The first kappa shape index (κ1) is 21.9. The molecule has 1 aliphatic rings. The molecule has 0 unspecified atom stereocenters. The van der Waals surface area contributed by atoms with Crippen LogP contribution in [0.1, 0.15) is 39.0 Å². The molecular formula is C25H31N3O2S. The average molecular weight is 438 g/mol. The number of thiazole rings is 1. The van der Waals surface area contributed by atoms with Crippen LogP contribution in [0.25, 0.3) is 10.2 Å². The predicted octanol–water partition coefficient (Wildman–Crippen LogP) is 4.90. The molecule has 2 heterocycles. The van der Waals surface area contributed by atoms with Crippen molar-refractivity contribution >= 4 is 32.6 Å². The van der Waals surface area contributed by atoms with Gasteiger partial charge in [0.15, 0.2) is 5.13 Å². The highest BCUT2D eigenvalue weighted by Crippen LogP contribution is 2.33. The minimum Gasteiger partial charge on any atom is -0.379 e. The lowest BCUT2D eigenvalue weighted by molar-refractivity contribution is 0.0376. The molecule has 0 spiro atoms. The molecule has 0 saturated carbocycles. The van der Waals surface area contributed by atoms with E-state index in [1.807, 2.05) is 30.9 Å². The second-order valence-corrected chi connectivity index (χ2v) is 9.49. The molecule has 31 heavy (non-hydrogen) atoms. The first-order chi connectivity index (χ1) is 14.9. The molecule has 1 fully saturated rings. The van der Waals surface area contributed by atoms with E-state index < -0.39 is 0 Å². The Labute approximate surface area is 188 Å². The van der Waals surface area contributed by atoms with Gasteiger partial charge in [-0.15, -0.1) is 0 Å². The third-order valence-corrected chi connectivity index (χ3v) is 7.10. The maximum Gasteiger partial charge on any atom is 0.260 e. The van der Waals surface area contributed by atoms with Gasteiger partial charge in [-0.05, 0) is 62.9 Å². The van der Waals surface area contributed by atoms with Crippen molar-refractivity contribution in [1.29, 1.82) is 0 Å². The van der Waals surface area contributed by atoms with Gasteiger partial charge in [0.05, 0.1) is 23.4 Å². The Morgan fingerprint density at radius 3 is 2.61 bits per heavy atom. The Bertz CT molecular complexity index is 1090. The lowest BCUT2D eigenvalue weighted by atomic mass is 10.0. The molecule has 5 nitrogen and oxygen atoms in total. The Morgan fingerprint density at radius 1 is 1.06 bits per heavy atom. The lowest BCUT2D eigenvalue weighted by Crippen LogP contribution is -2.39. The number of nitrogens with zero attached hydrogens (tertiary/aromatic N) is 3. The number of amides is 1. The molecule has 3 aromatic rings. The molecule has 164 valence electrons. The van der Waals surface area contributed by atoms with Crippen molar-refractivity contribution in [3.63, 3.8) is 0 Å². The summed E-state index contributed by atoms with van der Waals surface area (Å²) in [6.45, 7) is 13.4. The van der Waals surface area contributed by atoms with Crippen LogP contribution in [0, 0.1) is 27.7 Å². The van der Waals surface area contributed by atoms with E-state index in [4.69, 9.17) is 9.72 Å². The SMILES string of the molecule is Cc1ccc(C)c(C(=O)N(CCCN2CCOCC2)c2nc3cc(C)cc(C)c3s2)c1. The minimum atomic E-state index is 0.0385. The summed E-state index contributed by atoms with van der Waals surface area (Å²) < 4.78 is 6.62. The number of hydrogen-bond acceptors (Lipinski definition) is 5. The number of hydrogen-bond donors (Lipinski definition) is 0. The van der Waals surface area contributed by atoms with Crippen LogP contribution >= 0.6 is 11.3 Å². The third kappa shape index (κ3) is 4.97. The van der Waals surface area contributed by atoms with E-state index in [1.165, 1.54) is 11.1 Å². The smallest absolute Gasteiger partial charge is 0.260 e. The molecule has 0 bridgehead atoms. The van der Waals surface area contributed by atoms with Gasteiger partial charge in [0.1, 0.15) is 0 Å². The first-order valence-electron chi connectivity index (χ1n) is 11.0. The highest BCUT2D eigenvalue weighted by atomic mass is 32.1.